The van der Waals surface area contributed by atoms with E-state index in [0.717, 1.165) is 16.6 Å². The second-order valence-corrected chi connectivity index (χ2v) is 6.98. The van der Waals surface area contributed by atoms with Gasteiger partial charge in [0.25, 0.3) is 0 Å². The minimum Gasteiger partial charge on any atom is -0.352 e. The number of imidazole rings is 1. The number of halogens is 1. The third-order valence-corrected chi connectivity index (χ3v) is 4.92. The molecule has 0 aliphatic carbocycles. The number of nitrogens with zero attached hydrogens (tertiary/aromatic N) is 1. The van der Waals surface area contributed by atoms with E-state index >= 15 is 0 Å². The van der Waals surface area contributed by atoms with Crippen LogP contribution in [0.2, 0.25) is 0 Å². The fourth-order valence-corrected chi connectivity index (χ4v) is 3.26. The van der Waals surface area contributed by atoms with Gasteiger partial charge in [-0.15, -0.1) is 0 Å². The molecule has 1 aliphatic rings. The van der Waals surface area contributed by atoms with Crippen molar-refractivity contribution in [1.82, 2.24) is 20.2 Å². The van der Waals surface area contributed by atoms with Crippen LogP contribution in [0.3, 0.4) is 0 Å². The molecule has 1 fully saturated rings. The third-order valence-electron chi connectivity index (χ3n) is 4.92. The summed E-state index contributed by atoms with van der Waals surface area (Å²) in [5, 5.41) is 2.87. The number of benzene rings is 2. The molecule has 7 nitrogen and oxygen atoms in total. The second kappa shape index (κ2) is 7.30. The van der Waals surface area contributed by atoms with E-state index in [1.807, 2.05) is 12.1 Å². The molecule has 0 unspecified atom stereocenters. The van der Waals surface area contributed by atoms with E-state index in [4.69, 9.17) is 0 Å². The van der Waals surface area contributed by atoms with Gasteiger partial charge < -0.3 is 20.2 Å². The maximum absolute atomic E-state index is 12.9. The predicted molar refractivity (Wildman–Crippen MR) is 101 cm³/mol. The van der Waals surface area contributed by atoms with E-state index in [9.17, 15) is 18.8 Å². The molecule has 3 aromatic rings. The Balaban J connectivity index is 1.25. The smallest absolute Gasteiger partial charge is 0.323 e. The molecule has 3 N–H and O–H groups in total. The minimum atomic E-state index is -0.334. The van der Waals surface area contributed by atoms with Gasteiger partial charge in [0.2, 0.25) is 11.8 Å². The zero-order valence-electron chi connectivity index (χ0n) is 15.0. The van der Waals surface area contributed by atoms with Crippen molar-refractivity contribution in [3.8, 4) is 0 Å². The number of likely N-dealkylation sites (tertiary alicyclic amines) is 1. The van der Waals surface area contributed by atoms with Crippen LogP contribution in [0.4, 0.5) is 4.39 Å². The van der Waals surface area contributed by atoms with Gasteiger partial charge in [-0.1, -0.05) is 18.2 Å². The van der Waals surface area contributed by atoms with Gasteiger partial charge in [-0.05, 0) is 35.4 Å². The van der Waals surface area contributed by atoms with Gasteiger partial charge in [-0.25, -0.2) is 9.18 Å². The summed E-state index contributed by atoms with van der Waals surface area (Å²) in [5.41, 5.74) is 2.76. The molecule has 1 saturated heterocycles. The van der Waals surface area contributed by atoms with Gasteiger partial charge in [0.05, 0.1) is 23.4 Å². The standard InChI is InChI=1S/C20H19FN4O3/c21-15-4-1-12(2-5-15)8-18(26)25-10-14(11-25)19(27)22-9-13-3-6-16-17(7-13)24-20(28)23-16/h1-7,14H,8-11H2,(H,22,27)(H2,23,24,28). The molecular formula is C20H19FN4O3. The van der Waals surface area contributed by atoms with Crippen LogP contribution in [0.25, 0.3) is 11.0 Å². The Bertz CT molecular complexity index is 1080. The van der Waals surface area contributed by atoms with E-state index in [2.05, 4.69) is 15.3 Å². The van der Waals surface area contributed by atoms with Gasteiger partial charge in [0.15, 0.2) is 0 Å². The van der Waals surface area contributed by atoms with E-state index in [0.29, 0.717) is 25.2 Å². The number of fused-ring (bicyclic) bond motifs is 1. The first-order chi connectivity index (χ1) is 13.5. The molecule has 4 rings (SSSR count). The molecule has 0 atom stereocenters. The van der Waals surface area contributed by atoms with Gasteiger partial charge in [-0.2, -0.15) is 0 Å². The fraction of sp³-hybridized carbons (Fsp3) is 0.250. The number of H-pyrrole nitrogens is 2. The maximum Gasteiger partial charge on any atom is 0.323 e. The summed E-state index contributed by atoms with van der Waals surface area (Å²) in [6.45, 7) is 1.12. The highest BCUT2D eigenvalue weighted by atomic mass is 19.1. The van der Waals surface area contributed by atoms with Crippen molar-refractivity contribution in [3.63, 3.8) is 0 Å². The quantitative estimate of drug-likeness (QED) is 0.621. The average molecular weight is 382 g/mol. The summed E-state index contributed by atoms with van der Waals surface area (Å²) in [4.78, 5) is 42.8. The van der Waals surface area contributed by atoms with Crippen LogP contribution in [-0.2, 0) is 22.6 Å². The lowest BCUT2D eigenvalue weighted by Gasteiger charge is -2.38. The van der Waals surface area contributed by atoms with Gasteiger partial charge in [-0.3, -0.25) is 9.59 Å². The molecule has 0 spiro atoms. The molecule has 28 heavy (non-hydrogen) atoms. The van der Waals surface area contributed by atoms with Crippen LogP contribution in [0.1, 0.15) is 11.1 Å². The number of nitrogens with one attached hydrogen (secondary N) is 3. The number of carbonyl (C=O) groups is 2. The van der Waals surface area contributed by atoms with Crippen molar-refractivity contribution in [2.45, 2.75) is 13.0 Å². The fourth-order valence-electron chi connectivity index (χ4n) is 3.26. The Kier molecular flexibility index (Phi) is 4.68. The van der Waals surface area contributed by atoms with E-state index in [1.54, 1.807) is 23.1 Å². The number of aromatic nitrogens is 2. The van der Waals surface area contributed by atoms with Crippen LogP contribution >= 0.6 is 0 Å². The minimum absolute atomic E-state index is 0.0717. The van der Waals surface area contributed by atoms with Crippen molar-refractivity contribution in [1.29, 1.82) is 0 Å². The Labute approximate surface area is 159 Å². The Hall–Kier alpha value is -3.42. The molecule has 0 saturated carbocycles. The highest BCUT2D eigenvalue weighted by Gasteiger charge is 2.35. The monoisotopic (exact) mass is 382 g/mol. The van der Waals surface area contributed by atoms with Gasteiger partial charge in [0, 0.05) is 19.6 Å². The van der Waals surface area contributed by atoms with Crippen molar-refractivity contribution in [3.05, 3.63) is 69.9 Å². The van der Waals surface area contributed by atoms with Crippen LogP contribution in [0, 0.1) is 11.7 Å². The first kappa shape index (κ1) is 18.0. The van der Waals surface area contributed by atoms with E-state index < -0.39 is 0 Å². The summed E-state index contributed by atoms with van der Waals surface area (Å²) < 4.78 is 12.9. The largest absolute Gasteiger partial charge is 0.352 e. The Morgan fingerprint density at radius 1 is 1.04 bits per heavy atom. The molecule has 2 aromatic carbocycles. The highest BCUT2D eigenvalue weighted by molar-refractivity contribution is 5.85. The molecular weight excluding hydrogens is 363 g/mol. The number of aromatic amines is 2. The highest BCUT2D eigenvalue weighted by Crippen LogP contribution is 2.18. The van der Waals surface area contributed by atoms with Gasteiger partial charge >= 0.3 is 5.69 Å². The topological polar surface area (TPSA) is 98.1 Å². The van der Waals surface area contributed by atoms with Gasteiger partial charge in [0.1, 0.15) is 5.82 Å². The summed E-state index contributed by atoms with van der Waals surface area (Å²) in [5.74, 6) is -0.738. The molecule has 2 amide bonds. The first-order valence-electron chi connectivity index (χ1n) is 8.99. The number of rotatable bonds is 5. The van der Waals surface area contributed by atoms with E-state index in [1.165, 1.54) is 12.1 Å². The van der Waals surface area contributed by atoms with Crippen LogP contribution in [0.5, 0.6) is 0 Å². The van der Waals surface area contributed by atoms with Crippen molar-refractivity contribution < 1.29 is 14.0 Å². The summed E-state index contributed by atoms with van der Waals surface area (Å²) in [6, 6.07) is 11.3. The van der Waals surface area contributed by atoms with Crippen molar-refractivity contribution in [2.24, 2.45) is 5.92 Å². The summed E-state index contributed by atoms with van der Waals surface area (Å²) in [7, 11) is 0. The molecule has 1 aliphatic heterocycles. The zero-order valence-corrected chi connectivity index (χ0v) is 15.0. The number of hydrogen-bond acceptors (Lipinski definition) is 3. The lowest BCUT2D eigenvalue weighted by atomic mass is 9.97. The van der Waals surface area contributed by atoms with Crippen molar-refractivity contribution in [2.75, 3.05) is 13.1 Å². The molecule has 1 aromatic heterocycles. The Morgan fingerprint density at radius 2 is 1.71 bits per heavy atom. The lowest BCUT2D eigenvalue weighted by Crippen LogP contribution is -2.56. The van der Waals surface area contributed by atoms with E-state index in [-0.39, 0.29) is 35.7 Å². The molecule has 8 heteroatoms. The number of amides is 2. The summed E-state index contributed by atoms with van der Waals surface area (Å²) in [6.07, 6.45) is 0.198. The van der Waals surface area contributed by atoms with Crippen molar-refractivity contribution >= 4 is 22.8 Å². The van der Waals surface area contributed by atoms with Crippen LogP contribution in [-0.4, -0.2) is 39.8 Å². The third kappa shape index (κ3) is 3.80. The van der Waals surface area contributed by atoms with Crippen LogP contribution in [0.15, 0.2) is 47.3 Å². The molecule has 0 bridgehead atoms. The number of hydrogen-bond donors (Lipinski definition) is 3. The second-order valence-electron chi connectivity index (χ2n) is 6.98. The predicted octanol–water partition coefficient (Wildman–Crippen LogP) is 1.31. The zero-order chi connectivity index (χ0) is 19.7. The molecule has 2 heterocycles. The first-order valence-corrected chi connectivity index (χ1v) is 8.99. The Morgan fingerprint density at radius 3 is 2.46 bits per heavy atom. The van der Waals surface area contributed by atoms with Crippen LogP contribution < -0.4 is 11.0 Å². The number of carbonyl (C=O) groups excluding carboxylic acids is 2. The average Bonchev–Trinajstić information content (AvgIpc) is 3.00. The normalized spacial score (nSPS) is 14.1. The SMILES string of the molecule is O=C(NCc1ccc2[nH]c(=O)[nH]c2c1)C1CN(C(=O)Cc2ccc(F)cc2)C1. The molecule has 0 radical (unpaired) electrons. The lowest BCUT2D eigenvalue weighted by molar-refractivity contribution is -0.142. The molecule has 144 valence electrons. The summed E-state index contributed by atoms with van der Waals surface area (Å²) >= 11 is 0. The maximum atomic E-state index is 12.9.